The van der Waals surface area contributed by atoms with E-state index in [2.05, 4.69) is 5.32 Å². The molecule has 0 bridgehead atoms. The highest BCUT2D eigenvalue weighted by molar-refractivity contribution is 5.85. The van der Waals surface area contributed by atoms with Crippen molar-refractivity contribution in [3.63, 3.8) is 0 Å². The molecule has 0 aromatic heterocycles. The Balaban J connectivity index is 0.00000196. The van der Waals surface area contributed by atoms with E-state index in [9.17, 15) is 4.79 Å². The van der Waals surface area contributed by atoms with E-state index in [0.29, 0.717) is 12.6 Å². The first-order valence-electron chi connectivity index (χ1n) is 5.30. The van der Waals surface area contributed by atoms with Gasteiger partial charge in [-0.1, -0.05) is 6.92 Å². The molecule has 1 aliphatic heterocycles. The maximum absolute atomic E-state index is 11.6. The van der Waals surface area contributed by atoms with Crippen LogP contribution in [0.15, 0.2) is 0 Å². The molecule has 1 N–H and O–H groups in total. The molecule has 90 valence electrons. The standard InChI is InChI=1S/C10H20N2O2.ClH/c1-3-6-14-8-10(13)12-5-4-9(7-12)11-2;/h9,11H,3-8H2,1-2H3;1H. The smallest absolute Gasteiger partial charge is 0.248 e. The van der Waals surface area contributed by atoms with Gasteiger partial charge in [-0.2, -0.15) is 0 Å². The number of likely N-dealkylation sites (tertiary alicyclic amines) is 1. The summed E-state index contributed by atoms with van der Waals surface area (Å²) in [5.74, 6) is 0.121. The van der Waals surface area contributed by atoms with Crippen molar-refractivity contribution >= 4 is 18.3 Å². The van der Waals surface area contributed by atoms with Crippen LogP contribution in [0.2, 0.25) is 0 Å². The van der Waals surface area contributed by atoms with Crippen molar-refractivity contribution in [1.29, 1.82) is 0 Å². The lowest BCUT2D eigenvalue weighted by Crippen LogP contribution is -2.35. The summed E-state index contributed by atoms with van der Waals surface area (Å²) in [6, 6.07) is 0.463. The van der Waals surface area contributed by atoms with Crippen LogP contribution in [0.3, 0.4) is 0 Å². The van der Waals surface area contributed by atoms with Gasteiger partial charge in [0.25, 0.3) is 0 Å². The number of carbonyl (C=O) groups is 1. The number of amides is 1. The molecule has 1 unspecified atom stereocenters. The molecule has 0 aliphatic carbocycles. The Bertz CT molecular complexity index is 190. The highest BCUT2D eigenvalue weighted by Gasteiger charge is 2.24. The highest BCUT2D eigenvalue weighted by atomic mass is 35.5. The maximum atomic E-state index is 11.6. The third kappa shape index (κ3) is 4.82. The zero-order chi connectivity index (χ0) is 10.4. The fourth-order valence-electron chi connectivity index (χ4n) is 1.62. The molecule has 0 aromatic carbocycles. The van der Waals surface area contributed by atoms with Crippen LogP contribution in [0.4, 0.5) is 0 Å². The predicted molar refractivity (Wildman–Crippen MR) is 62.4 cm³/mol. The molecular weight excluding hydrogens is 216 g/mol. The average Bonchev–Trinajstić information content (AvgIpc) is 2.66. The SMILES string of the molecule is CCCOCC(=O)N1CCC(NC)C1.Cl. The molecule has 0 saturated carbocycles. The molecule has 1 rings (SSSR count). The Morgan fingerprint density at radius 1 is 1.60 bits per heavy atom. The van der Waals surface area contributed by atoms with E-state index >= 15 is 0 Å². The Morgan fingerprint density at radius 2 is 2.33 bits per heavy atom. The van der Waals surface area contributed by atoms with E-state index in [1.54, 1.807) is 0 Å². The third-order valence-corrected chi connectivity index (χ3v) is 2.52. The number of hydrogen-bond donors (Lipinski definition) is 1. The van der Waals surface area contributed by atoms with Gasteiger partial charge in [0.1, 0.15) is 6.61 Å². The summed E-state index contributed by atoms with van der Waals surface area (Å²) < 4.78 is 5.21. The van der Waals surface area contributed by atoms with Gasteiger partial charge in [0.15, 0.2) is 0 Å². The van der Waals surface area contributed by atoms with Crippen molar-refractivity contribution < 1.29 is 9.53 Å². The van der Waals surface area contributed by atoms with Crippen LogP contribution in [0.1, 0.15) is 19.8 Å². The quantitative estimate of drug-likeness (QED) is 0.713. The van der Waals surface area contributed by atoms with Crippen molar-refractivity contribution in [3.05, 3.63) is 0 Å². The van der Waals surface area contributed by atoms with E-state index in [4.69, 9.17) is 4.74 Å². The summed E-state index contributed by atoms with van der Waals surface area (Å²) >= 11 is 0. The molecule has 1 fully saturated rings. The second-order valence-electron chi connectivity index (χ2n) is 3.67. The minimum Gasteiger partial charge on any atom is -0.372 e. The average molecular weight is 237 g/mol. The molecule has 1 aliphatic rings. The number of likely N-dealkylation sites (N-methyl/N-ethyl adjacent to an activating group) is 1. The Morgan fingerprint density at radius 3 is 2.87 bits per heavy atom. The van der Waals surface area contributed by atoms with E-state index in [1.807, 2.05) is 18.9 Å². The van der Waals surface area contributed by atoms with Gasteiger partial charge < -0.3 is 15.0 Å². The largest absolute Gasteiger partial charge is 0.372 e. The number of halogens is 1. The third-order valence-electron chi connectivity index (χ3n) is 2.52. The van der Waals surface area contributed by atoms with E-state index < -0.39 is 0 Å². The van der Waals surface area contributed by atoms with Crippen LogP contribution in [0.25, 0.3) is 0 Å². The summed E-state index contributed by atoms with van der Waals surface area (Å²) in [6.07, 6.45) is 2.02. The topological polar surface area (TPSA) is 41.6 Å². The summed E-state index contributed by atoms with van der Waals surface area (Å²) in [5.41, 5.74) is 0. The molecule has 1 heterocycles. The fraction of sp³-hybridized carbons (Fsp3) is 0.900. The summed E-state index contributed by atoms with van der Waals surface area (Å²) in [5, 5.41) is 3.18. The number of nitrogens with one attached hydrogen (secondary N) is 1. The second kappa shape index (κ2) is 7.91. The van der Waals surface area contributed by atoms with Gasteiger partial charge in [0, 0.05) is 25.7 Å². The summed E-state index contributed by atoms with van der Waals surface area (Å²) in [4.78, 5) is 13.4. The Labute approximate surface area is 97.8 Å². The van der Waals surface area contributed by atoms with Crippen LogP contribution >= 0.6 is 12.4 Å². The molecule has 1 saturated heterocycles. The molecule has 0 radical (unpaired) electrons. The molecular formula is C10H21ClN2O2. The van der Waals surface area contributed by atoms with Gasteiger partial charge in [-0.25, -0.2) is 0 Å². The van der Waals surface area contributed by atoms with Crippen molar-refractivity contribution in [2.24, 2.45) is 0 Å². The first-order valence-corrected chi connectivity index (χ1v) is 5.30. The summed E-state index contributed by atoms with van der Waals surface area (Å²) in [6.45, 7) is 4.64. The normalized spacial score (nSPS) is 20.1. The second-order valence-corrected chi connectivity index (χ2v) is 3.67. The van der Waals surface area contributed by atoms with Gasteiger partial charge in [0.05, 0.1) is 0 Å². The molecule has 4 nitrogen and oxygen atoms in total. The Kier molecular flexibility index (Phi) is 7.74. The minimum atomic E-state index is 0. The monoisotopic (exact) mass is 236 g/mol. The van der Waals surface area contributed by atoms with Crippen LogP contribution < -0.4 is 5.32 Å². The molecule has 0 spiro atoms. The van der Waals surface area contributed by atoms with Crippen molar-refractivity contribution in [2.45, 2.75) is 25.8 Å². The predicted octanol–water partition coefficient (Wildman–Crippen LogP) is 0.655. The van der Waals surface area contributed by atoms with Crippen LogP contribution in [0.5, 0.6) is 0 Å². The molecule has 1 amide bonds. The van der Waals surface area contributed by atoms with Crippen LogP contribution in [-0.4, -0.2) is 50.2 Å². The van der Waals surface area contributed by atoms with Crippen LogP contribution in [0, 0.1) is 0 Å². The van der Waals surface area contributed by atoms with Crippen molar-refractivity contribution in [3.8, 4) is 0 Å². The van der Waals surface area contributed by atoms with Gasteiger partial charge in [-0.05, 0) is 19.9 Å². The zero-order valence-electron chi connectivity index (χ0n) is 9.49. The first kappa shape index (κ1) is 14.7. The minimum absolute atomic E-state index is 0. The molecule has 0 aromatic rings. The van der Waals surface area contributed by atoms with E-state index in [-0.39, 0.29) is 24.9 Å². The van der Waals surface area contributed by atoms with Crippen molar-refractivity contribution in [1.82, 2.24) is 10.2 Å². The van der Waals surface area contributed by atoms with Gasteiger partial charge in [0.2, 0.25) is 5.91 Å². The van der Waals surface area contributed by atoms with Crippen LogP contribution in [-0.2, 0) is 9.53 Å². The zero-order valence-corrected chi connectivity index (χ0v) is 10.3. The number of nitrogens with zero attached hydrogens (tertiary/aromatic N) is 1. The Hall–Kier alpha value is -0.320. The lowest BCUT2D eigenvalue weighted by molar-refractivity contribution is -0.135. The first-order chi connectivity index (χ1) is 6.77. The number of rotatable bonds is 5. The number of hydrogen-bond acceptors (Lipinski definition) is 3. The van der Waals surface area contributed by atoms with Gasteiger partial charge >= 0.3 is 0 Å². The summed E-state index contributed by atoms with van der Waals surface area (Å²) in [7, 11) is 1.94. The van der Waals surface area contributed by atoms with Crippen molar-refractivity contribution in [2.75, 3.05) is 33.4 Å². The van der Waals surface area contributed by atoms with Gasteiger partial charge in [-0.15, -0.1) is 12.4 Å². The lowest BCUT2D eigenvalue weighted by atomic mass is 10.3. The van der Waals surface area contributed by atoms with E-state index in [1.165, 1.54) is 0 Å². The number of ether oxygens (including phenoxy) is 1. The molecule has 1 atom stereocenters. The number of carbonyl (C=O) groups excluding carboxylic acids is 1. The fourth-order valence-corrected chi connectivity index (χ4v) is 1.62. The highest BCUT2D eigenvalue weighted by Crippen LogP contribution is 2.08. The van der Waals surface area contributed by atoms with Gasteiger partial charge in [-0.3, -0.25) is 4.79 Å². The van der Waals surface area contributed by atoms with E-state index in [0.717, 1.165) is 25.9 Å². The molecule has 15 heavy (non-hydrogen) atoms. The molecule has 5 heteroatoms. The lowest BCUT2D eigenvalue weighted by Gasteiger charge is -2.16. The maximum Gasteiger partial charge on any atom is 0.248 e.